The second-order valence-electron chi connectivity index (χ2n) is 2.98. The van der Waals surface area contributed by atoms with E-state index in [2.05, 4.69) is 21.8 Å². The third-order valence-electron chi connectivity index (χ3n) is 1.78. The Morgan fingerprint density at radius 2 is 2.31 bits per heavy atom. The van der Waals surface area contributed by atoms with Gasteiger partial charge in [-0.25, -0.2) is 4.98 Å². The fourth-order valence-electron chi connectivity index (χ4n) is 0.876. The van der Waals surface area contributed by atoms with Gasteiger partial charge < -0.3 is 5.73 Å². The molecular formula is C9H8ClN3. The van der Waals surface area contributed by atoms with E-state index >= 15 is 0 Å². The molecule has 0 bridgehead atoms. The van der Waals surface area contributed by atoms with Crippen molar-refractivity contribution in [2.24, 2.45) is 5.92 Å². The molecule has 0 aliphatic heterocycles. The van der Waals surface area contributed by atoms with Crippen LogP contribution in [0, 0.1) is 17.8 Å². The van der Waals surface area contributed by atoms with Crippen molar-refractivity contribution in [2.75, 3.05) is 5.73 Å². The smallest absolute Gasteiger partial charge is 0.224 e. The minimum atomic E-state index is 0.162. The first-order chi connectivity index (χ1) is 6.25. The molecule has 1 fully saturated rings. The van der Waals surface area contributed by atoms with Gasteiger partial charge in [-0.05, 0) is 24.4 Å². The summed E-state index contributed by atoms with van der Waals surface area (Å²) >= 11 is 5.54. The Morgan fingerprint density at radius 1 is 1.54 bits per heavy atom. The maximum absolute atomic E-state index is 5.59. The van der Waals surface area contributed by atoms with Crippen LogP contribution < -0.4 is 5.73 Å². The van der Waals surface area contributed by atoms with Crippen LogP contribution >= 0.6 is 11.6 Å². The summed E-state index contributed by atoms with van der Waals surface area (Å²) in [6, 6.07) is 0. The fraction of sp³-hybridized carbons (Fsp3) is 0.333. The van der Waals surface area contributed by atoms with Crippen molar-refractivity contribution < 1.29 is 0 Å². The number of nitrogens with zero attached hydrogens (tertiary/aromatic N) is 2. The second-order valence-corrected chi connectivity index (χ2v) is 3.32. The number of halogens is 1. The first kappa shape index (κ1) is 8.33. The van der Waals surface area contributed by atoms with Gasteiger partial charge in [0.2, 0.25) is 5.28 Å². The van der Waals surface area contributed by atoms with Gasteiger partial charge in [0, 0.05) is 12.1 Å². The average Bonchev–Trinajstić information content (AvgIpc) is 2.86. The van der Waals surface area contributed by atoms with Crippen LogP contribution in [0.1, 0.15) is 18.4 Å². The van der Waals surface area contributed by atoms with E-state index in [-0.39, 0.29) is 5.28 Å². The number of anilines is 1. The molecule has 1 aliphatic carbocycles. The highest BCUT2D eigenvalue weighted by Crippen LogP contribution is 2.27. The summed E-state index contributed by atoms with van der Waals surface area (Å²) in [4.78, 5) is 7.61. The molecule has 1 aromatic rings. The lowest BCUT2D eigenvalue weighted by atomic mass is 10.3. The Balaban J connectivity index is 2.25. The zero-order valence-corrected chi connectivity index (χ0v) is 7.67. The molecule has 0 saturated heterocycles. The predicted molar refractivity (Wildman–Crippen MR) is 51.1 cm³/mol. The van der Waals surface area contributed by atoms with Crippen LogP contribution in [-0.2, 0) is 0 Å². The standard InChI is InChI=1S/C9H8ClN3/c10-9-12-5-7(8(11)13-9)4-3-6-1-2-6/h5-6H,1-2H2,(H2,11,12,13). The maximum Gasteiger partial charge on any atom is 0.224 e. The molecule has 1 heterocycles. The van der Waals surface area contributed by atoms with Crippen LogP contribution in [0.25, 0.3) is 0 Å². The molecule has 0 aromatic carbocycles. The molecule has 0 amide bonds. The molecule has 1 saturated carbocycles. The number of hydrogen-bond acceptors (Lipinski definition) is 3. The van der Waals surface area contributed by atoms with E-state index in [0.717, 1.165) is 0 Å². The van der Waals surface area contributed by atoms with E-state index in [9.17, 15) is 0 Å². The highest BCUT2D eigenvalue weighted by atomic mass is 35.5. The van der Waals surface area contributed by atoms with Gasteiger partial charge in [-0.3, -0.25) is 0 Å². The van der Waals surface area contributed by atoms with Crippen molar-refractivity contribution in [1.82, 2.24) is 9.97 Å². The fourth-order valence-corrected chi connectivity index (χ4v) is 1.02. The topological polar surface area (TPSA) is 51.8 Å². The molecular weight excluding hydrogens is 186 g/mol. The number of nitrogen functional groups attached to an aromatic ring is 1. The summed E-state index contributed by atoms with van der Waals surface area (Å²) in [7, 11) is 0. The van der Waals surface area contributed by atoms with Crippen LogP contribution in [0.15, 0.2) is 6.20 Å². The Bertz CT molecular complexity index is 388. The minimum absolute atomic E-state index is 0.162. The first-order valence-corrected chi connectivity index (χ1v) is 4.43. The largest absolute Gasteiger partial charge is 0.383 e. The van der Waals surface area contributed by atoms with E-state index in [1.165, 1.54) is 12.8 Å². The van der Waals surface area contributed by atoms with Crippen molar-refractivity contribution >= 4 is 17.4 Å². The number of nitrogens with two attached hydrogens (primary N) is 1. The summed E-state index contributed by atoms with van der Waals surface area (Å²) in [6.45, 7) is 0. The Kier molecular flexibility index (Phi) is 2.07. The van der Waals surface area contributed by atoms with Gasteiger partial charge in [-0.15, -0.1) is 0 Å². The van der Waals surface area contributed by atoms with Crippen LogP contribution in [0.2, 0.25) is 5.28 Å². The van der Waals surface area contributed by atoms with Gasteiger partial charge in [-0.2, -0.15) is 4.98 Å². The summed E-state index contributed by atoms with van der Waals surface area (Å²) in [5.41, 5.74) is 6.25. The van der Waals surface area contributed by atoms with Crippen molar-refractivity contribution in [3.05, 3.63) is 17.0 Å². The molecule has 0 spiro atoms. The van der Waals surface area contributed by atoms with Crippen molar-refractivity contribution in [3.8, 4) is 11.8 Å². The second kappa shape index (κ2) is 3.23. The van der Waals surface area contributed by atoms with E-state index in [1.54, 1.807) is 6.20 Å². The lowest BCUT2D eigenvalue weighted by Crippen LogP contribution is -1.96. The molecule has 0 unspecified atom stereocenters. The van der Waals surface area contributed by atoms with Gasteiger partial charge in [-0.1, -0.05) is 11.8 Å². The molecule has 66 valence electrons. The highest BCUT2D eigenvalue weighted by molar-refractivity contribution is 6.28. The summed E-state index contributed by atoms with van der Waals surface area (Å²) in [6.07, 6.45) is 3.95. The molecule has 0 atom stereocenters. The van der Waals surface area contributed by atoms with Crippen molar-refractivity contribution in [2.45, 2.75) is 12.8 Å². The van der Waals surface area contributed by atoms with Gasteiger partial charge >= 0.3 is 0 Å². The quantitative estimate of drug-likeness (QED) is 0.502. The van der Waals surface area contributed by atoms with E-state index in [4.69, 9.17) is 17.3 Å². The third-order valence-corrected chi connectivity index (χ3v) is 1.96. The molecule has 2 rings (SSSR count). The monoisotopic (exact) mass is 193 g/mol. The molecule has 4 heteroatoms. The van der Waals surface area contributed by atoms with Crippen LogP contribution in [0.4, 0.5) is 5.82 Å². The number of rotatable bonds is 0. The molecule has 1 aromatic heterocycles. The lowest BCUT2D eigenvalue weighted by molar-refractivity contribution is 1.16. The van der Waals surface area contributed by atoms with E-state index in [1.807, 2.05) is 0 Å². The average molecular weight is 194 g/mol. The summed E-state index contributed by atoms with van der Waals surface area (Å²) in [5, 5.41) is 0.162. The minimum Gasteiger partial charge on any atom is -0.383 e. The molecule has 2 N–H and O–H groups in total. The number of aromatic nitrogens is 2. The maximum atomic E-state index is 5.59. The van der Waals surface area contributed by atoms with Crippen LogP contribution in [-0.4, -0.2) is 9.97 Å². The van der Waals surface area contributed by atoms with E-state index in [0.29, 0.717) is 17.3 Å². The number of hydrogen-bond donors (Lipinski definition) is 1. The Labute approximate surface area is 81.3 Å². The first-order valence-electron chi connectivity index (χ1n) is 4.05. The van der Waals surface area contributed by atoms with Crippen molar-refractivity contribution in [1.29, 1.82) is 0 Å². The predicted octanol–water partition coefficient (Wildman–Crippen LogP) is 1.47. The molecule has 1 aliphatic rings. The van der Waals surface area contributed by atoms with Gasteiger partial charge in [0.25, 0.3) is 0 Å². The van der Waals surface area contributed by atoms with Gasteiger partial charge in [0.1, 0.15) is 5.82 Å². The Morgan fingerprint density at radius 3 is 2.92 bits per heavy atom. The summed E-state index contributed by atoms with van der Waals surface area (Å²) < 4.78 is 0. The molecule has 0 radical (unpaired) electrons. The van der Waals surface area contributed by atoms with Crippen molar-refractivity contribution in [3.63, 3.8) is 0 Å². The molecule has 3 nitrogen and oxygen atoms in total. The lowest BCUT2D eigenvalue weighted by Gasteiger charge is -1.95. The zero-order valence-electron chi connectivity index (χ0n) is 6.92. The highest BCUT2D eigenvalue weighted by Gasteiger charge is 2.17. The third kappa shape index (κ3) is 2.10. The van der Waals surface area contributed by atoms with Gasteiger partial charge in [0.15, 0.2) is 0 Å². The van der Waals surface area contributed by atoms with Crippen LogP contribution in [0.5, 0.6) is 0 Å². The normalized spacial score (nSPS) is 14.8. The summed E-state index contributed by atoms with van der Waals surface area (Å²) in [5.74, 6) is 6.93. The van der Waals surface area contributed by atoms with E-state index < -0.39 is 0 Å². The zero-order chi connectivity index (χ0) is 9.26. The van der Waals surface area contributed by atoms with Crippen LogP contribution in [0.3, 0.4) is 0 Å². The Hall–Kier alpha value is -1.27. The SMILES string of the molecule is Nc1nc(Cl)ncc1C#CC1CC1. The van der Waals surface area contributed by atoms with Gasteiger partial charge in [0.05, 0.1) is 5.56 Å². The molecule has 13 heavy (non-hydrogen) atoms.